The van der Waals surface area contributed by atoms with Gasteiger partial charge in [-0.25, -0.2) is 0 Å². The molecule has 0 aliphatic carbocycles. The topological polar surface area (TPSA) is 49.5 Å². The fourth-order valence-electron chi connectivity index (χ4n) is 2.02. The third kappa shape index (κ3) is 3.61. The highest BCUT2D eigenvalue weighted by Crippen LogP contribution is 2.13. The molecule has 0 radical (unpaired) electrons. The van der Waals surface area contributed by atoms with Gasteiger partial charge in [0.05, 0.1) is 18.8 Å². The molecule has 0 fully saturated rings. The number of aromatic nitrogens is 1. The van der Waals surface area contributed by atoms with E-state index in [0.29, 0.717) is 12.6 Å². The summed E-state index contributed by atoms with van der Waals surface area (Å²) in [5, 5.41) is 12.9. The minimum absolute atomic E-state index is 0.184. The summed E-state index contributed by atoms with van der Waals surface area (Å²) in [6, 6.07) is 2.45. The number of rotatable bonds is 7. The van der Waals surface area contributed by atoms with Crippen molar-refractivity contribution >= 4 is 0 Å². The monoisotopic (exact) mass is 226 g/mol. The molecule has 1 aromatic heterocycles. The number of aryl methyl sites for hydroxylation is 1. The molecule has 1 heterocycles. The lowest BCUT2D eigenvalue weighted by Crippen LogP contribution is -2.36. The van der Waals surface area contributed by atoms with E-state index in [-0.39, 0.29) is 6.61 Å². The van der Waals surface area contributed by atoms with Crippen molar-refractivity contribution in [3.63, 3.8) is 0 Å². The highest BCUT2D eigenvalue weighted by molar-refractivity contribution is 5.03. The van der Waals surface area contributed by atoms with Crippen LogP contribution in [0, 0.1) is 6.92 Å². The van der Waals surface area contributed by atoms with Crippen LogP contribution in [0.15, 0.2) is 10.6 Å². The standard InChI is InChI=1S/C12H22N2O2/c1-4-11(5-2)14(6-7-15)9-12-8-10(3)13-16-12/h8,11,15H,4-7,9H2,1-3H3. The maximum Gasteiger partial charge on any atom is 0.150 e. The molecule has 0 saturated heterocycles. The van der Waals surface area contributed by atoms with E-state index in [2.05, 4.69) is 23.9 Å². The Balaban J connectivity index is 2.63. The molecule has 1 rings (SSSR count). The van der Waals surface area contributed by atoms with Gasteiger partial charge in [-0.15, -0.1) is 0 Å². The van der Waals surface area contributed by atoms with Gasteiger partial charge in [-0.05, 0) is 19.8 Å². The van der Waals surface area contributed by atoms with Gasteiger partial charge in [0.15, 0.2) is 5.76 Å². The zero-order valence-electron chi connectivity index (χ0n) is 10.4. The molecule has 92 valence electrons. The maximum atomic E-state index is 9.07. The van der Waals surface area contributed by atoms with E-state index in [1.165, 1.54) is 0 Å². The molecule has 0 saturated carbocycles. The van der Waals surface area contributed by atoms with Crippen molar-refractivity contribution in [2.45, 2.75) is 46.2 Å². The first kappa shape index (κ1) is 13.2. The van der Waals surface area contributed by atoms with Crippen molar-refractivity contribution in [1.82, 2.24) is 10.1 Å². The minimum atomic E-state index is 0.184. The molecule has 0 unspecified atom stereocenters. The van der Waals surface area contributed by atoms with Crippen LogP contribution in [0.2, 0.25) is 0 Å². The largest absolute Gasteiger partial charge is 0.395 e. The molecule has 4 nitrogen and oxygen atoms in total. The molecule has 0 amide bonds. The van der Waals surface area contributed by atoms with Gasteiger partial charge in [-0.1, -0.05) is 19.0 Å². The molecular weight excluding hydrogens is 204 g/mol. The predicted molar refractivity (Wildman–Crippen MR) is 63.1 cm³/mol. The predicted octanol–water partition coefficient (Wildman–Crippen LogP) is 1.97. The van der Waals surface area contributed by atoms with E-state index in [4.69, 9.17) is 9.63 Å². The zero-order valence-corrected chi connectivity index (χ0v) is 10.4. The van der Waals surface area contributed by atoms with E-state index >= 15 is 0 Å². The summed E-state index contributed by atoms with van der Waals surface area (Å²) in [5.41, 5.74) is 0.906. The molecular formula is C12H22N2O2. The lowest BCUT2D eigenvalue weighted by molar-refractivity contribution is 0.125. The van der Waals surface area contributed by atoms with Crippen LogP contribution >= 0.6 is 0 Å². The van der Waals surface area contributed by atoms with Gasteiger partial charge in [0.2, 0.25) is 0 Å². The highest BCUT2D eigenvalue weighted by Gasteiger charge is 2.16. The normalized spacial score (nSPS) is 11.6. The van der Waals surface area contributed by atoms with Crippen LogP contribution in [-0.4, -0.2) is 34.4 Å². The average molecular weight is 226 g/mol. The SMILES string of the molecule is CCC(CC)N(CCO)Cc1cc(C)no1. The fourth-order valence-corrected chi connectivity index (χ4v) is 2.02. The lowest BCUT2D eigenvalue weighted by atomic mass is 10.1. The van der Waals surface area contributed by atoms with Crippen molar-refractivity contribution in [1.29, 1.82) is 0 Å². The third-order valence-electron chi connectivity index (χ3n) is 2.88. The van der Waals surface area contributed by atoms with Crippen molar-refractivity contribution in [3.8, 4) is 0 Å². The fraction of sp³-hybridized carbons (Fsp3) is 0.750. The van der Waals surface area contributed by atoms with E-state index < -0.39 is 0 Å². The zero-order chi connectivity index (χ0) is 12.0. The Bertz CT molecular complexity index is 295. The van der Waals surface area contributed by atoms with Crippen molar-refractivity contribution in [2.75, 3.05) is 13.2 Å². The number of aliphatic hydroxyl groups is 1. The third-order valence-corrected chi connectivity index (χ3v) is 2.88. The molecule has 16 heavy (non-hydrogen) atoms. The Morgan fingerprint density at radius 1 is 1.44 bits per heavy atom. The second-order valence-corrected chi connectivity index (χ2v) is 4.10. The van der Waals surface area contributed by atoms with Gasteiger partial charge in [0.25, 0.3) is 0 Å². The Labute approximate surface area is 97.2 Å². The molecule has 0 spiro atoms. The van der Waals surface area contributed by atoms with Crippen LogP contribution < -0.4 is 0 Å². The highest BCUT2D eigenvalue weighted by atomic mass is 16.5. The van der Waals surface area contributed by atoms with Gasteiger partial charge in [0.1, 0.15) is 0 Å². The first-order valence-corrected chi connectivity index (χ1v) is 5.98. The summed E-state index contributed by atoms with van der Waals surface area (Å²) in [6.45, 7) is 7.86. The van der Waals surface area contributed by atoms with Crippen molar-refractivity contribution in [3.05, 3.63) is 17.5 Å². The number of aliphatic hydroxyl groups excluding tert-OH is 1. The number of hydrogen-bond acceptors (Lipinski definition) is 4. The van der Waals surface area contributed by atoms with Crippen molar-refractivity contribution in [2.24, 2.45) is 0 Å². The van der Waals surface area contributed by atoms with Crippen LogP contribution in [0.3, 0.4) is 0 Å². The Morgan fingerprint density at radius 3 is 2.56 bits per heavy atom. The summed E-state index contributed by atoms with van der Waals surface area (Å²) in [7, 11) is 0. The Kier molecular flexibility index (Phi) is 5.49. The lowest BCUT2D eigenvalue weighted by Gasteiger charge is -2.28. The Hall–Kier alpha value is -0.870. The minimum Gasteiger partial charge on any atom is -0.395 e. The van der Waals surface area contributed by atoms with Crippen LogP contribution in [0.4, 0.5) is 0 Å². The molecule has 1 N–H and O–H groups in total. The molecule has 0 aliphatic heterocycles. The van der Waals surface area contributed by atoms with Crippen LogP contribution in [0.25, 0.3) is 0 Å². The summed E-state index contributed by atoms with van der Waals surface area (Å²) in [4.78, 5) is 2.25. The summed E-state index contributed by atoms with van der Waals surface area (Å²) in [5.74, 6) is 0.873. The average Bonchev–Trinajstić information content (AvgIpc) is 2.66. The second-order valence-electron chi connectivity index (χ2n) is 4.10. The number of nitrogens with zero attached hydrogens (tertiary/aromatic N) is 2. The molecule has 0 aromatic carbocycles. The van der Waals surface area contributed by atoms with E-state index in [1.807, 2.05) is 13.0 Å². The van der Waals surface area contributed by atoms with Crippen molar-refractivity contribution < 1.29 is 9.63 Å². The molecule has 0 atom stereocenters. The molecule has 0 bridgehead atoms. The summed E-state index contributed by atoms with van der Waals surface area (Å²) >= 11 is 0. The first-order valence-electron chi connectivity index (χ1n) is 5.98. The van der Waals surface area contributed by atoms with Gasteiger partial charge < -0.3 is 9.63 Å². The molecule has 0 aliphatic rings. The molecule has 4 heteroatoms. The summed E-state index contributed by atoms with van der Waals surface area (Å²) in [6.07, 6.45) is 2.17. The quantitative estimate of drug-likeness (QED) is 0.772. The smallest absolute Gasteiger partial charge is 0.150 e. The van der Waals surface area contributed by atoms with E-state index in [9.17, 15) is 0 Å². The van der Waals surface area contributed by atoms with E-state index in [1.54, 1.807) is 0 Å². The Morgan fingerprint density at radius 2 is 2.12 bits per heavy atom. The summed E-state index contributed by atoms with van der Waals surface area (Å²) < 4.78 is 5.21. The first-order chi connectivity index (χ1) is 7.71. The van der Waals surface area contributed by atoms with Gasteiger partial charge in [-0.3, -0.25) is 4.90 Å². The van der Waals surface area contributed by atoms with E-state index in [0.717, 1.165) is 30.8 Å². The van der Waals surface area contributed by atoms with Gasteiger partial charge in [-0.2, -0.15) is 0 Å². The van der Waals surface area contributed by atoms with Gasteiger partial charge >= 0.3 is 0 Å². The number of hydrogen-bond donors (Lipinski definition) is 1. The maximum absolute atomic E-state index is 9.07. The van der Waals surface area contributed by atoms with Crippen LogP contribution in [0.5, 0.6) is 0 Å². The second kappa shape index (κ2) is 6.66. The molecule has 1 aromatic rings. The van der Waals surface area contributed by atoms with Crippen LogP contribution in [-0.2, 0) is 6.54 Å². The van der Waals surface area contributed by atoms with Gasteiger partial charge in [0, 0.05) is 18.7 Å². The van der Waals surface area contributed by atoms with Crippen LogP contribution in [0.1, 0.15) is 38.1 Å².